The predicted molar refractivity (Wildman–Crippen MR) is 82.8 cm³/mol. The SMILES string of the molecule is COc1cc(CNCc2c(Cl)ccc(Cl)c2Cl)ccn1. The third-order valence-corrected chi connectivity index (χ3v) is 3.98. The summed E-state index contributed by atoms with van der Waals surface area (Å²) in [6.07, 6.45) is 1.70. The Morgan fingerprint density at radius 3 is 2.60 bits per heavy atom. The molecule has 0 bridgehead atoms. The van der Waals surface area contributed by atoms with Crippen LogP contribution in [0.25, 0.3) is 0 Å². The number of aromatic nitrogens is 1. The minimum absolute atomic E-state index is 0.485. The molecule has 0 amide bonds. The Bertz CT molecular complexity index is 605. The summed E-state index contributed by atoms with van der Waals surface area (Å²) >= 11 is 18.2. The summed E-state index contributed by atoms with van der Waals surface area (Å²) in [6, 6.07) is 7.20. The van der Waals surface area contributed by atoms with E-state index in [0.29, 0.717) is 34.0 Å². The Morgan fingerprint density at radius 2 is 1.85 bits per heavy atom. The molecule has 2 aromatic rings. The van der Waals surface area contributed by atoms with Gasteiger partial charge >= 0.3 is 0 Å². The molecule has 1 aromatic carbocycles. The fourth-order valence-electron chi connectivity index (χ4n) is 1.73. The van der Waals surface area contributed by atoms with Crippen LogP contribution in [0.4, 0.5) is 0 Å². The van der Waals surface area contributed by atoms with Gasteiger partial charge in [-0.1, -0.05) is 34.8 Å². The molecule has 2 rings (SSSR count). The fourth-order valence-corrected chi connectivity index (χ4v) is 2.42. The Morgan fingerprint density at radius 1 is 1.10 bits per heavy atom. The first-order chi connectivity index (χ1) is 9.61. The van der Waals surface area contributed by atoms with Crippen LogP contribution in [0.15, 0.2) is 30.5 Å². The average molecular weight is 332 g/mol. The first kappa shape index (κ1) is 15.4. The van der Waals surface area contributed by atoms with Gasteiger partial charge in [0.05, 0.1) is 17.2 Å². The molecule has 0 aliphatic heterocycles. The van der Waals surface area contributed by atoms with Gasteiger partial charge in [0, 0.05) is 35.9 Å². The number of hydrogen-bond acceptors (Lipinski definition) is 3. The van der Waals surface area contributed by atoms with Crippen LogP contribution < -0.4 is 10.1 Å². The maximum absolute atomic E-state index is 6.14. The van der Waals surface area contributed by atoms with Crippen LogP contribution in [-0.2, 0) is 13.1 Å². The van der Waals surface area contributed by atoms with Gasteiger partial charge in [-0.15, -0.1) is 0 Å². The van der Waals surface area contributed by atoms with Gasteiger partial charge in [-0.05, 0) is 23.8 Å². The number of hydrogen-bond donors (Lipinski definition) is 1. The van der Waals surface area contributed by atoms with E-state index in [1.165, 1.54) is 0 Å². The van der Waals surface area contributed by atoms with E-state index in [0.717, 1.165) is 11.1 Å². The van der Waals surface area contributed by atoms with E-state index < -0.39 is 0 Å². The van der Waals surface area contributed by atoms with Crippen LogP contribution in [0.5, 0.6) is 5.88 Å². The summed E-state index contributed by atoms with van der Waals surface area (Å²) < 4.78 is 5.07. The second kappa shape index (κ2) is 7.14. The Kier molecular flexibility index (Phi) is 5.49. The van der Waals surface area contributed by atoms with Crippen molar-refractivity contribution >= 4 is 34.8 Å². The van der Waals surface area contributed by atoms with E-state index >= 15 is 0 Å². The third-order valence-electron chi connectivity index (χ3n) is 2.78. The number of halogens is 3. The monoisotopic (exact) mass is 330 g/mol. The summed E-state index contributed by atoms with van der Waals surface area (Å²) in [7, 11) is 1.59. The number of nitrogens with one attached hydrogen (secondary N) is 1. The molecular weight excluding hydrogens is 319 g/mol. The van der Waals surface area contributed by atoms with Crippen molar-refractivity contribution in [2.24, 2.45) is 0 Å². The number of ether oxygens (including phenoxy) is 1. The molecule has 0 saturated carbocycles. The third kappa shape index (κ3) is 3.76. The molecule has 0 aliphatic rings. The maximum atomic E-state index is 6.14. The number of methoxy groups -OCH3 is 1. The molecular formula is C14H13Cl3N2O. The van der Waals surface area contributed by atoms with Gasteiger partial charge in [0.25, 0.3) is 0 Å². The molecule has 1 aromatic heterocycles. The molecule has 0 saturated heterocycles. The molecule has 0 unspecified atom stereocenters. The minimum atomic E-state index is 0.485. The molecule has 1 N–H and O–H groups in total. The molecule has 0 spiro atoms. The van der Waals surface area contributed by atoms with E-state index in [-0.39, 0.29) is 0 Å². The average Bonchev–Trinajstić information content (AvgIpc) is 2.47. The van der Waals surface area contributed by atoms with Crippen LogP contribution in [-0.4, -0.2) is 12.1 Å². The summed E-state index contributed by atoms with van der Waals surface area (Å²) in [6.45, 7) is 1.18. The van der Waals surface area contributed by atoms with E-state index in [1.807, 2.05) is 12.1 Å². The quantitative estimate of drug-likeness (QED) is 0.828. The summed E-state index contributed by atoms with van der Waals surface area (Å²) in [5, 5.41) is 4.85. The van der Waals surface area contributed by atoms with Gasteiger partial charge in [-0.2, -0.15) is 0 Å². The summed E-state index contributed by atoms with van der Waals surface area (Å²) in [4.78, 5) is 4.05. The van der Waals surface area contributed by atoms with Gasteiger partial charge in [0.2, 0.25) is 5.88 Å². The first-order valence-corrected chi connectivity index (χ1v) is 7.07. The van der Waals surface area contributed by atoms with Crippen molar-refractivity contribution in [3.8, 4) is 5.88 Å². The topological polar surface area (TPSA) is 34.1 Å². The van der Waals surface area contributed by atoms with Crippen LogP contribution in [0, 0.1) is 0 Å². The highest BCUT2D eigenvalue weighted by atomic mass is 35.5. The van der Waals surface area contributed by atoms with Crippen molar-refractivity contribution in [1.29, 1.82) is 0 Å². The lowest BCUT2D eigenvalue weighted by molar-refractivity contribution is 0.397. The lowest BCUT2D eigenvalue weighted by atomic mass is 10.2. The van der Waals surface area contributed by atoms with Gasteiger partial charge in [0.1, 0.15) is 0 Å². The van der Waals surface area contributed by atoms with Crippen molar-refractivity contribution in [3.63, 3.8) is 0 Å². The molecule has 0 fully saturated rings. The smallest absolute Gasteiger partial charge is 0.213 e. The zero-order chi connectivity index (χ0) is 14.5. The predicted octanol–water partition coefficient (Wildman–Crippen LogP) is 4.34. The molecule has 3 nitrogen and oxygen atoms in total. The molecule has 6 heteroatoms. The maximum Gasteiger partial charge on any atom is 0.213 e. The molecule has 0 atom stereocenters. The number of nitrogens with zero attached hydrogens (tertiary/aromatic N) is 1. The number of pyridine rings is 1. The lowest BCUT2D eigenvalue weighted by Crippen LogP contribution is -2.13. The second-order valence-electron chi connectivity index (χ2n) is 4.13. The second-order valence-corrected chi connectivity index (χ2v) is 5.32. The van der Waals surface area contributed by atoms with Gasteiger partial charge < -0.3 is 10.1 Å². The largest absolute Gasteiger partial charge is 0.481 e. The highest BCUT2D eigenvalue weighted by Crippen LogP contribution is 2.31. The molecule has 1 heterocycles. The molecule has 20 heavy (non-hydrogen) atoms. The summed E-state index contributed by atoms with van der Waals surface area (Å²) in [5.41, 5.74) is 1.85. The van der Waals surface area contributed by atoms with Gasteiger partial charge in [-0.3, -0.25) is 0 Å². The van der Waals surface area contributed by atoms with E-state index in [9.17, 15) is 0 Å². The first-order valence-electron chi connectivity index (χ1n) is 5.94. The van der Waals surface area contributed by atoms with Crippen LogP contribution in [0.1, 0.15) is 11.1 Å². The lowest BCUT2D eigenvalue weighted by Gasteiger charge is -2.10. The van der Waals surface area contributed by atoms with E-state index in [4.69, 9.17) is 39.5 Å². The van der Waals surface area contributed by atoms with Gasteiger partial charge in [0.15, 0.2) is 0 Å². The van der Waals surface area contributed by atoms with Crippen molar-refractivity contribution in [3.05, 3.63) is 56.7 Å². The molecule has 0 aliphatic carbocycles. The minimum Gasteiger partial charge on any atom is -0.481 e. The van der Waals surface area contributed by atoms with Crippen molar-refractivity contribution < 1.29 is 4.74 Å². The van der Waals surface area contributed by atoms with Crippen LogP contribution in [0.3, 0.4) is 0 Å². The van der Waals surface area contributed by atoms with E-state index in [1.54, 1.807) is 25.4 Å². The van der Waals surface area contributed by atoms with Crippen LogP contribution in [0.2, 0.25) is 15.1 Å². The van der Waals surface area contributed by atoms with Gasteiger partial charge in [-0.25, -0.2) is 4.98 Å². The molecule has 0 radical (unpaired) electrons. The number of benzene rings is 1. The fraction of sp³-hybridized carbons (Fsp3) is 0.214. The normalized spacial score (nSPS) is 10.6. The van der Waals surface area contributed by atoms with Crippen LogP contribution >= 0.6 is 34.8 Å². The Balaban J connectivity index is 2.01. The van der Waals surface area contributed by atoms with Crippen molar-refractivity contribution in [2.75, 3.05) is 7.11 Å². The zero-order valence-corrected chi connectivity index (χ0v) is 13.1. The molecule has 106 valence electrons. The van der Waals surface area contributed by atoms with Crippen molar-refractivity contribution in [1.82, 2.24) is 10.3 Å². The number of rotatable bonds is 5. The highest BCUT2D eigenvalue weighted by Gasteiger charge is 2.09. The standard InChI is InChI=1S/C14H13Cl3N2O/c1-20-13-6-9(4-5-19-13)7-18-8-10-11(15)2-3-12(16)14(10)17/h2-6,18H,7-8H2,1H3. The van der Waals surface area contributed by atoms with Crippen molar-refractivity contribution in [2.45, 2.75) is 13.1 Å². The van der Waals surface area contributed by atoms with E-state index in [2.05, 4.69) is 10.3 Å². The zero-order valence-electron chi connectivity index (χ0n) is 10.8. The highest BCUT2D eigenvalue weighted by molar-refractivity contribution is 6.44. The Labute approximate surface area is 132 Å². The Hall–Kier alpha value is -1.00. The summed E-state index contributed by atoms with van der Waals surface area (Å²) in [5.74, 6) is 0.586.